The van der Waals surface area contributed by atoms with E-state index >= 15 is 0 Å². The number of hydrogen-bond donors (Lipinski definition) is 2. The van der Waals surface area contributed by atoms with Crippen molar-refractivity contribution >= 4 is 19.8 Å². The van der Waals surface area contributed by atoms with E-state index in [0.29, 0.717) is 6.42 Å². The van der Waals surface area contributed by atoms with Crippen molar-refractivity contribution in [3.8, 4) is 0 Å². The number of carbonyl (C=O) groups excluding carboxylic acids is 2. The van der Waals surface area contributed by atoms with E-state index in [-0.39, 0.29) is 38.6 Å². The summed E-state index contributed by atoms with van der Waals surface area (Å²) in [7, 11) is -4.39. The lowest BCUT2D eigenvalue weighted by Gasteiger charge is -2.19. The van der Waals surface area contributed by atoms with Crippen molar-refractivity contribution in [2.75, 3.05) is 26.4 Å². The Morgan fingerprint density at radius 2 is 0.647 bits per heavy atom. The Hall–Kier alpha value is -2.55. The lowest BCUT2D eigenvalue weighted by atomic mass is 10.0. The van der Waals surface area contributed by atoms with Crippen LogP contribution in [-0.2, 0) is 32.7 Å². The molecule has 0 heterocycles. The van der Waals surface area contributed by atoms with Crippen molar-refractivity contribution in [1.29, 1.82) is 0 Å². The number of esters is 2. The maximum Gasteiger partial charge on any atom is 0.472 e. The van der Waals surface area contributed by atoms with Crippen molar-refractivity contribution in [2.24, 2.45) is 5.73 Å². The molecule has 0 rings (SSSR count). The number of phosphoric acid groups is 1. The lowest BCUT2D eigenvalue weighted by Crippen LogP contribution is -2.29. The molecule has 2 unspecified atom stereocenters. The minimum absolute atomic E-state index is 0.0534. The van der Waals surface area contributed by atoms with Gasteiger partial charge in [0.05, 0.1) is 13.2 Å². The molecule has 0 aliphatic carbocycles. The minimum atomic E-state index is -4.39. The Morgan fingerprint density at radius 3 is 0.976 bits per heavy atom. The topological polar surface area (TPSA) is 134 Å². The third-order valence-corrected chi connectivity index (χ3v) is 17.1. The van der Waals surface area contributed by atoms with Crippen LogP contribution >= 0.6 is 7.82 Å². The largest absolute Gasteiger partial charge is 0.472 e. The zero-order valence-electron chi connectivity index (χ0n) is 55.8. The third kappa shape index (κ3) is 70.4. The molecule has 85 heavy (non-hydrogen) atoms. The molecule has 0 amide bonds. The van der Waals surface area contributed by atoms with Gasteiger partial charge in [0.1, 0.15) is 6.61 Å². The van der Waals surface area contributed by atoms with Crippen molar-refractivity contribution in [3.05, 3.63) is 72.9 Å². The number of ether oxygens (including phenoxy) is 2. The molecule has 0 aromatic heterocycles. The normalized spacial score (nSPS) is 13.3. The minimum Gasteiger partial charge on any atom is -0.462 e. The Bertz CT molecular complexity index is 1620. The van der Waals surface area contributed by atoms with E-state index in [1.54, 1.807) is 0 Å². The number of allylic oxidation sites excluding steroid dienone is 12. The van der Waals surface area contributed by atoms with Crippen LogP contribution in [0.5, 0.6) is 0 Å². The van der Waals surface area contributed by atoms with Gasteiger partial charge in [0.2, 0.25) is 0 Å². The van der Waals surface area contributed by atoms with Gasteiger partial charge in [-0.15, -0.1) is 0 Å². The van der Waals surface area contributed by atoms with Crippen LogP contribution < -0.4 is 5.73 Å². The van der Waals surface area contributed by atoms with E-state index in [4.69, 9.17) is 24.3 Å². The summed E-state index contributed by atoms with van der Waals surface area (Å²) in [4.78, 5) is 35.4. The average Bonchev–Trinajstić information content (AvgIpc) is 3.52. The van der Waals surface area contributed by atoms with Gasteiger partial charge in [-0.2, -0.15) is 0 Å². The van der Waals surface area contributed by atoms with Crippen LogP contribution in [-0.4, -0.2) is 49.3 Å². The summed E-state index contributed by atoms with van der Waals surface area (Å²) in [5.41, 5.74) is 5.41. The zero-order chi connectivity index (χ0) is 61.6. The molecule has 0 radical (unpaired) electrons. The fraction of sp³-hybridized carbons (Fsp3) is 0.813. The highest BCUT2D eigenvalue weighted by Gasteiger charge is 2.26. The Kier molecular flexibility index (Phi) is 68.4. The zero-order valence-corrected chi connectivity index (χ0v) is 56.7. The van der Waals surface area contributed by atoms with Gasteiger partial charge in [0, 0.05) is 19.4 Å². The van der Waals surface area contributed by atoms with Gasteiger partial charge < -0.3 is 20.1 Å². The standard InChI is InChI=1S/C75H138NO8P/c1-3-5-7-9-11-13-15-17-19-21-23-25-27-29-31-33-35-36-38-39-41-43-45-47-49-51-53-55-57-59-61-63-65-67-74(77)81-71-73(72-83-85(79,80)82-70-69-76)84-75(78)68-66-64-62-60-58-56-54-52-50-48-46-44-42-40-37-34-32-30-28-26-24-22-20-18-16-14-12-10-8-6-4-2/h6,8,12,14,18,20-21,23-24,26,30,32,73H,3-5,7,9-11,13,15-17,19,22,25,27-29,31,33-72,76H2,1-2H3,(H,79,80)/b8-6-,14-12-,20-18-,23-21-,26-24-,32-30-. The van der Waals surface area contributed by atoms with Crippen molar-refractivity contribution in [3.63, 3.8) is 0 Å². The SMILES string of the molecule is CC/C=C\C/C=C\C/C=C\C/C=C\C/C=C\CCCCCCCCCCCCCCCCCC(=O)OC(COC(=O)CCCCCCCCCCCCCCCCCCCCCCC/C=C\CCCCCCCCCC)COP(=O)(O)OCCN. The number of hydrogen-bond acceptors (Lipinski definition) is 8. The summed E-state index contributed by atoms with van der Waals surface area (Å²) in [6.45, 7) is 3.69. The van der Waals surface area contributed by atoms with Crippen LogP contribution in [0.4, 0.5) is 0 Å². The summed E-state index contributed by atoms with van der Waals surface area (Å²) in [6, 6.07) is 0. The number of rotatable bonds is 69. The highest BCUT2D eigenvalue weighted by atomic mass is 31.2. The van der Waals surface area contributed by atoms with E-state index in [0.717, 1.165) is 70.6 Å². The molecular formula is C75H138NO8P. The molecule has 10 heteroatoms. The van der Waals surface area contributed by atoms with E-state index in [2.05, 4.69) is 86.8 Å². The first-order chi connectivity index (χ1) is 41.8. The molecule has 0 aliphatic rings. The molecule has 0 aromatic carbocycles. The Morgan fingerprint density at radius 1 is 0.365 bits per heavy atom. The number of unbranched alkanes of at least 4 members (excludes halogenated alkanes) is 44. The summed E-state index contributed by atoms with van der Waals surface area (Å²) < 4.78 is 33.2. The second-order valence-electron chi connectivity index (χ2n) is 24.4. The van der Waals surface area contributed by atoms with Gasteiger partial charge in [-0.25, -0.2) is 4.57 Å². The van der Waals surface area contributed by atoms with Gasteiger partial charge >= 0.3 is 19.8 Å². The first-order valence-corrected chi connectivity index (χ1v) is 37.9. The first-order valence-electron chi connectivity index (χ1n) is 36.4. The van der Waals surface area contributed by atoms with E-state index < -0.39 is 26.5 Å². The van der Waals surface area contributed by atoms with E-state index in [1.807, 2.05) is 0 Å². The van der Waals surface area contributed by atoms with Gasteiger partial charge in [0.25, 0.3) is 0 Å². The lowest BCUT2D eigenvalue weighted by molar-refractivity contribution is -0.161. The smallest absolute Gasteiger partial charge is 0.462 e. The molecule has 9 nitrogen and oxygen atoms in total. The third-order valence-electron chi connectivity index (χ3n) is 16.1. The van der Waals surface area contributed by atoms with E-state index in [1.165, 1.54) is 257 Å². The molecule has 2 atom stereocenters. The predicted octanol–water partition coefficient (Wildman–Crippen LogP) is 24.0. The molecule has 496 valence electrons. The average molecular weight is 1210 g/mol. The summed E-state index contributed by atoms with van der Waals surface area (Å²) in [5.74, 6) is -0.811. The monoisotopic (exact) mass is 1210 g/mol. The van der Waals surface area contributed by atoms with Crippen molar-refractivity contribution < 1.29 is 37.6 Å². The van der Waals surface area contributed by atoms with Crippen LogP contribution in [0.1, 0.15) is 361 Å². The molecule has 0 aliphatic heterocycles. The van der Waals surface area contributed by atoms with Gasteiger partial charge in [-0.05, 0) is 83.5 Å². The quantitative estimate of drug-likeness (QED) is 0.0264. The highest BCUT2D eigenvalue weighted by molar-refractivity contribution is 7.47. The molecule has 3 N–H and O–H groups in total. The fourth-order valence-electron chi connectivity index (χ4n) is 10.7. The summed E-state index contributed by atoms with van der Waals surface area (Å²) in [6.07, 6.45) is 93.0. The van der Waals surface area contributed by atoms with Crippen LogP contribution in [0.3, 0.4) is 0 Å². The van der Waals surface area contributed by atoms with Gasteiger partial charge in [-0.3, -0.25) is 18.6 Å². The van der Waals surface area contributed by atoms with Crippen molar-refractivity contribution in [1.82, 2.24) is 0 Å². The van der Waals surface area contributed by atoms with Crippen LogP contribution in [0.2, 0.25) is 0 Å². The molecule has 0 fully saturated rings. The summed E-state index contributed by atoms with van der Waals surface area (Å²) >= 11 is 0. The first kappa shape index (κ1) is 82.5. The van der Waals surface area contributed by atoms with Gasteiger partial charge in [0.15, 0.2) is 6.10 Å². The number of phosphoric ester groups is 1. The van der Waals surface area contributed by atoms with Crippen molar-refractivity contribution in [2.45, 2.75) is 367 Å². The fourth-order valence-corrected chi connectivity index (χ4v) is 11.5. The number of nitrogens with two attached hydrogens (primary N) is 1. The van der Waals surface area contributed by atoms with Crippen LogP contribution in [0, 0.1) is 0 Å². The second kappa shape index (κ2) is 70.5. The molecule has 0 bridgehead atoms. The molecule has 0 aromatic rings. The second-order valence-corrected chi connectivity index (χ2v) is 25.9. The predicted molar refractivity (Wildman–Crippen MR) is 367 cm³/mol. The van der Waals surface area contributed by atoms with Crippen LogP contribution in [0.25, 0.3) is 0 Å². The maximum absolute atomic E-state index is 12.8. The van der Waals surface area contributed by atoms with Gasteiger partial charge in [-0.1, -0.05) is 337 Å². The van der Waals surface area contributed by atoms with E-state index in [9.17, 15) is 19.0 Å². The molecular weight excluding hydrogens is 1070 g/mol. The summed E-state index contributed by atoms with van der Waals surface area (Å²) in [5, 5.41) is 0. The Labute approximate surface area is 526 Å². The molecule has 0 saturated carbocycles. The Balaban J connectivity index is 3.82. The number of carbonyl (C=O) groups is 2. The molecule has 0 spiro atoms. The highest BCUT2D eigenvalue weighted by Crippen LogP contribution is 2.43. The molecule has 0 saturated heterocycles. The maximum atomic E-state index is 12.8. The van der Waals surface area contributed by atoms with Crippen LogP contribution in [0.15, 0.2) is 72.9 Å².